The molecule has 3 heterocycles. The molecule has 4 rings (SSSR count). The maximum atomic E-state index is 12.3. The molecule has 1 aromatic carbocycles. The van der Waals surface area contributed by atoms with Crippen molar-refractivity contribution < 1.29 is 0 Å². The van der Waals surface area contributed by atoms with Gasteiger partial charge in [-0.05, 0) is 30.7 Å². The highest BCUT2D eigenvalue weighted by Crippen LogP contribution is 2.24. The molecule has 3 aromatic heterocycles. The molecule has 26 heavy (non-hydrogen) atoms. The third-order valence-corrected chi connectivity index (χ3v) is 5.12. The van der Waals surface area contributed by atoms with Gasteiger partial charge in [0, 0.05) is 18.0 Å². The molecular weight excluding hydrogens is 370 g/mol. The number of pyridine rings is 1. The van der Waals surface area contributed by atoms with Gasteiger partial charge in [0.2, 0.25) is 0 Å². The predicted molar refractivity (Wildman–Crippen MR) is 102 cm³/mol. The minimum Gasteiger partial charge on any atom is -0.276 e. The molecule has 0 aliphatic heterocycles. The maximum absolute atomic E-state index is 12.3. The Balaban J connectivity index is 1.62. The Labute approximate surface area is 158 Å². The zero-order valence-electron chi connectivity index (χ0n) is 13.8. The average Bonchev–Trinajstić information content (AvgIpc) is 3.09. The molecule has 6 nitrogen and oxygen atoms in total. The molecule has 0 atom stereocenters. The summed E-state index contributed by atoms with van der Waals surface area (Å²) < 4.78 is 3.38. The second-order valence-electron chi connectivity index (χ2n) is 5.72. The molecule has 0 unspecified atom stereocenters. The molecule has 4 aromatic rings. The molecule has 0 saturated heterocycles. The van der Waals surface area contributed by atoms with Gasteiger partial charge in [-0.1, -0.05) is 41.6 Å². The van der Waals surface area contributed by atoms with Crippen LogP contribution in [0.5, 0.6) is 0 Å². The lowest BCUT2D eigenvalue weighted by molar-refractivity contribution is 0.876. The van der Waals surface area contributed by atoms with Crippen LogP contribution in [-0.2, 0) is 5.75 Å². The van der Waals surface area contributed by atoms with E-state index in [-0.39, 0.29) is 5.56 Å². The standard InChI is InChI=1S/C18H14ClN5OS/c1-12-4-2-3-5-15(12)24-11-20-22-18(24)26-10-14-8-17(25)23-9-13(19)6-7-16(23)21-14/h2-9,11H,10H2,1H3. The maximum Gasteiger partial charge on any atom is 0.258 e. The summed E-state index contributed by atoms with van der Waals surface area (Å²) in [6.45, 7) is 2.04. The van der Waals surface area contributed by atoms with Crippen LogP contribution in [0.2, 0.25) is 5.02 Å². The van der Waals surface area contributed by atoms with Crippen molar-refractivity contribution in [1.82, 2.24) is 24.1 Å². The predicted octanol–water partition coefficient (Wildman–Crippen LogP) is 3.53. The van der Waals surface area contributed by atoms with Gasteiger partial charge < -0.3 is 0 Å². The fraction of sp³-hybridized carbons (Fsp3) is 0.111. The summed E-state index contributed by atoms with van der Waals surface area (Å²) in [5.41, 5.74) is 3.25. The molecule has 0 saturated carbocycles. The molecular formula is C18H14ClN5OS. The van der Waals surface area contributed by atoms with E-state index in [1.165, 1.54) is 22.2 Å². The zero-order valence-corrected chi connectivity index (χ0v) is 15.4. The van der Waals surface area contributed by atoms with Gasteiger partial charge in [0.15, 0.2) is 5.16 Å². The highest BCUT2D eigenvalue weighted by Gasteiger charge is 2.11. The summed E-state index contributed by atoms with van der Waals surface area (Å²) in [5, 5.41) is 9.46. The third-order valence-electron chi connectivity index (χ3n) is 3.92. The second kappa shape index (κ2) is 6.93. The molecule has 0 bridgehead atoms. The highest BCUT2D eigenvalue weighted by molar-refractivity contribution is 7.98. The normalized spacial score (nSPS) is 11.2. The molecule has 0 radical (unpaired) electrons. The van der Waals surface area contributed by atoms with E-state index in [0.717, 1.165) is 16.4 Å². The first-order chi connectivity index (χ1) is 12.6. The summed E-state index contributed by atoms with van der Waals surface area (Å²) in [6.07, 6.45) is 3.26. The molecule has 0 spiro atoms. The Morgan fingerprint density at radius 3 is 2.88 bits per heavy atom. The number of para-hydroxylation sites is 1. The van der Waals surface area contributed by atoms with Crippen LogP contribution in [0.1, 0.15) is 11.3 Å². The van der Waals surface area contributed by atoms with Gasteiger partial charge in [-0.3, -0.25) is 13.8 Å². The zero-order chi connectivity index (χ0) is 18.1. The highest BCUT2D eigenvalue weighted by atomic mass is 35.5. The molecule has 0 fully saturated rings. The number of halogens is 1. The molecule has 0 N–H and O–H groups in total. The molecule has 8 heteroatoms. The van der Waals surface area contributed by atoms with Crippen LogP contribution < -0.4 is 5.56 Å². The Morgan fingerprint density at radius 1 is 1.19 bits per heavy atom. The van der Waals surface area contributed by atoms with Crippen LogP contribution in [0.15, 0.2) is 64.9 Å². The summed E-state index contributed by atoms with van der Waals surface area (Å²) in [4.78, 5) is 16.8. The van der Waals surface area contributed by atoms with E-state index in [0.29, 0.717) is 22.1 Å². The molecule has 0 aliphatic carbocycles. The third kappa shape index (κ3) is 3.23. The first-order valence-electron chi connectivity index (χ1n) is 7.88. The van der Waals surface area contributed by atoms with Gasteiger partial charge >= 0.3 is 0 Å². The second-order valence-corrected chi connectivity index (χ2v) is 7.10. The number of benzene rings is 1. The first kappa shape index (κ1) is 16.8. The van der Waals surface area contributed by atoms with Crippen molar-refractivity contribution in [3.05, 3.63) is 81.6 Å². The lowest BCUT2D eigenvalue weighted by Gasteiger charge is -2.09. The van der Waals surface area contributed by atoms with E-state index in [1.54, 1.807) is 24.7 Å². The van der Waals surface area contributed by atoms with E-state index in [9.17, 15) is 4.79 Å². The van der Waals surface area contributed by atoms with Crippen LogP contribution in [0.4, 0.5) is 0 Å². The van der Waals surface area contributed by atoms with Crippen molar-refractivity contribution in [3.8, 4) is 5.69 Å². The van der Waals surface area contributed by atoms with Gasteiger partial charge in [0.25, 0.3) is 5.56 Å². The van der Waals surface area contributed by atoms with Crippen molar-refractivity contribution in [2.45, 2.75) is 17.8 Å². The number of aromatic nitrogens is 5. The average molecular weight is 384 g/mol. The quantitative estimate of drug-likeness (QED) is 0.504. The Kier molecular flexibility index (Phi) is 4.48. The van der Waals surface area contributed by atoms with Gasteiger partial charge in [0.05, 0.1) is 16.4 Å². The van der Waals surface area contributed by atoms with Crippen LogP contribution >= 0.6 is 23.4 Å². The summed E-state index contributed by atoms with van der Waals surface area (Å²) in [6, 6.07) is 13.0. The van der Waals surface area contributed by atoms with Crippen molar-refractivity contribution in [2.24, 2.45) is 0 Å². The van der Waals surface area contributed by atoms with Gasteiger partial charge in [-0.25, -0.2) is 4.98 Å². The minimum atomic E-state index is -0.159. The minimum absolute atomic E-state index is 0.159. The van der Waals surface area contributed by atoms with Crippen molar-refractivity contribution in [1.29, 1.82) is 0 Å². The van der Waals surface area contributed by atoms with Crippen molar-refractivity contribution in [2.75, 3.05) is 0 Å². The number of rotatable bonds is 4. The van der Waals surface area contributed by atoms with E-state index in [1.807, 2.05) is 35.8 Å². The smallest absolute Gasteiger partial charge is 0.258 e. The van der Waals surface area contributed by atoms with Crippen LogP contribution in [0, 0.1) is 6.92 Å². The molecule has 130 valence electrons. The van der Waals surface area contributed by atoms with Gasteiger partial charge in [0.1, 0.15) is 12.0 Å². The number of thioether (sulfide) groups is 1. The Hall–Kier alpha value is -2.64. The number of nitrogens with zero attached hydrogens (tertiary/aromatic N) is 5. The fourth-order valence-electron chi connectivity index (χ4n) is 2.66. The van der Waals surface area contributed by atoms with Crippen molar-refractivity contribution >= 4 is 29.0 Å². The topological polar surface area (TPSA) is 65.1 Å². The molecule has 0 aliphatic rings. The number of fused-ring (bicyclic) bond motifs is 1. The van der Waals surface area contributed by atoms with Crippen molar-refractivity contribution in [3.63, 3.8) is 0 Å². The van der Waals surface area contributed by atoms with E-state index in [2.05, 4.69) is 15.2 Å². The van der Waals surface area contributed by atoms with Gasteiger partial charge in [-0.15, -0.1) is 10.2 Å². The number of hydrogen-bond acceptors (Lipinski definition) is 5. The van der Waals surface area contributed by atoms with Crippen LogP contribution in [-0.4, -0.2) is 24.1 Å². The Morgan fingerprint density at radius 2 is 2.04 bits per heavy atom. The summed E-state index contributed by atoms with van der Waals surface area (Å²) in [5.74, 6) is 0.513. The lowest BCUT2D eigenvalue weighted by Crippen LogP contribution is -2.15. The summed E-state index contributed by atoms with van der Waals surface area (Å²) >= 11 is 7.42. The monoisotopic (exact) mass is 383 g/mol. The van der Waals surface area contributed by atoms with E-state index < -0.39 is 0 Å². The SMILES string of the molecule is Cc1ccccc1-n1cnnc1SCc1cc(=O)n2cc(Cl)ccc2n1. The summed E-state index contributed by atoms with van der Waals surface area (Å²) in [7, 11) is 0. The van der Waals surface area contributed by atoms with E-state index in [4.69, 9.17) is 11.6 Å². The Bertz CT molecular complexity index is 1150. The van der Waals surface area contributed by atoms with Crippen LogP contribution in [0.25, 0.3) is 11.3 Å². The van der Waals surface area contributed by atoms with Crippen LogP contribution in [0.3, 0.4) is 0 Å². The fourth-order valence-corrected chi connectivity index (χ4v) is 3.64. The van der Waals surface area contributed by atoms with Gasteiger partial charge in [-0.2, -0.15) is 0 Å². The first-order valence-corrected chi connectivity index (χ1v) is 9.25. The molecule has 0 amide bonds. The largest absolute Gasteiger partial charge is 0.276 e. The number of hydrogen-bond donors (Lipinski definition) is 0. The number of aryl methyl sites for hydroxylation is 1. The lowest BCUT2D eigenvalue weighted by atomic mass is 10.2. The van der Waals surface area contributed by atoms with E-state index >= 15 is 0 Å².